The first kappa shape index (κ1) is 26.4. The van der Waals surface area contributed by atoms with Crippen LogP contribution in [0, 0.1) is 0 Å². The summed E-state index contributed by atoms with van der Waals surface area (Å²) in [4.78, 5) is 24.4. The Morgan fingerprint density at radius 3 is 2.43 bits per heavy atom. The average Bonchev–Trinajstić information content (AvgIpc) is 3.11. The molecule has 0 fully saturated rings. The van der Waals surface area contributed by atoms with E-state index in [9.17, 15) is 27.9 Å². The van der Waals surface area contributed by atoms with E-state index in [4.69, 9.17) is 27.9 Å². The Balaban J connectivity index is 1.98. The maximum atomic E-state index is 13.9. The molecule has 186 valence electrons. The summed E-state index contributed by atoms with van der Waals surface area (Å²) >= 11 is 11.9. The first-order valence-corrected chi connectivity index (χ1v) is 10.9. The summed E-state index contributed by atoms with van der Waals surface area (Å²) in [5, 5.41) is 16.2. The van der Waals surface area contributed by atoms with Crippen molar-refractivity contribution in [1.82, 2.24) is 15.1 Å². The van der Waals surface area contributed by atoms with E-state index in [1.807, 2.05) is 0 Å². The van der Waals surface area contributed by atoms with Gasteiger partial charge in [-0.2, -0.15) is 18.3 Å². The van der Waals surface area contributed by atoms with Crippen molar-refractivity contribution >= 4 is 35.1 Å². The summed E-state index contributed by atoms with van der Waals surface area (Å²) in [7, 11) is 2.40. The number of rotatable bonds is 7. The number of ether oxygens (including phenoxy) is 1. The first-order valence-electron chi connectivity index (χ1n) is 10.1. The molecule has 12 heteroatoms. The minimum absolute atomic E-state index is 0.0498. The lowest BCUT2D eigenvalue weighted by atomic mass is 10.0. The van der Waals surface area contributed by atoms with E-state index in [2.05, 4.69) is 10.4 Å². The third-order valence-electron chi connectivity index (χ3n) is 5.27. The monoisotopic (exact) mass is 529 g/mol. The Morgan fingerprint density at radius 1 is 1.17 bits per heavy atom. The average molecular weight is 530 g/mol. The van der Waals surface area contributed by atoms with Crippen molar-refractivity contribution in [2.45, 2.75) is 25.6 Å². The summed E-state index contributed by atoms with van der Waals surface area (Å²) in [6.07, 6.45) is -4.95. The van der Waals surface area contributed by atoms with E-state index < -0.39 is 35.4 Å². The van der Waals surface area contributed by atoms with E-state index in [0.717, 1.165) is 7.05 Å². The van der Waals surface area contributed by atoms with E-state index in [-0.39, 0.29) is 33.5 Å². The smallest absolute Gasteiger partial charge is 0.433 e. The SMILES string of the molecule is COc1cc([C@H](C)NC(=O)c2c(Cc3ccc(Cl)c(Cl)c3)nn(C)c2C(F)(F)F)ccc1C(=O)O. The number of aryl methyl sites for hydroxylation is 1. The standard InChI is InChI=1S/C23H20Cl2F3N3O4/c1-11(13-5-6-14(22(33)34)18(10-13)35-3)29-21(32)19-17(30-31(2)20(19)23(26,27)28)9-12-4-7-15(24)16(25)8-12/h4-8,10-11H,9H2,1-3H3,(H,29,32)(H,33,34)/t11-/m0/s1. The number of carboxylic acid groups (broad SMARTS) is 1. The van der Waals surface area contributed by atoms with E-state index in [1.165, 1.54) is 37.4 Å². The van der Waals surface area contributed by atoms with Gasteiger partial charge in [-0.3, -0.25) is 9.48 Å². The highest BCUT2D eigenvalue weighted by Crippen LogP contribution is 2.35. The van der Waals surface area contributed by atoms with Gasteiger partial charge in [0.2, 0.25) is 0 Å². The maximum absolute atomic E-state index is 13.9. The Labute approximate surface area is 208 Å². The van der Waals surface area contributed by atoms with Crippen LogP contribution in [0.25, 0.3) is 0 Å². The second kappa shape index (κ2) is 10.2. The number of carbonyl (C=O) groups excluding carboxylic acids is 1. The van der Waals surface area contributed by atoms with Crippen molar-refractivity contribution < 1.29 is 32.6 Å². The molecular weight excluding hydrogens is 510 g/mol. The van der Waals surface area contributed by atoms with Crippen LogP contribution >= 0.6 is 23.2 Å². The van der Waals surface area contributed by atoms with Crippen molar-refractivity contribution in [3.05, 3.63) is 80.1 Å². The van der Waals surface area contributed by atoms with Gasteiger partial charge in [0.1, 0.15) is 11.3 Å². The minimum Gasteiger partial charge on any atom is -0.496 e. The van der Waals surface area contributed by atoms with Crippen molar-refractivity contribution in [1.29, 1.82) is 0 Å². The van der Waals surface area contributed by atoms with Crippen LogP contribution in [0.1, 0.15) is 56.2 Å². The van der Waals surface area contributed by atoms with Gasteiger partial charge in [0.25, 0.3) is 5.91 Å². The molecule has 0 radical (unpaired) electrons. The van der Waals surface area contributed by atoms with Gasteiger partial charge in [-0.25, -0.2) is 4.79 Å². The lowest BCUT2D eigenvalue weighted by Gasteiger charge is -2.17. The fourth-order valence-corrected chi connectivity index (χ4v) is 3.94. The molecule has 0 unspecified atom stereocenters. The highest BCUT2D eigenvalue weighted by atomic mass is 35.5. The van der Waals surface area contributed by atoms with Crippen LogP contribution in [0.5, 0.6) is 5.75 Å². The Bertz CT molecular complexity index is 1290. The van der Waals surface area contributed by atoms with Crippen LogP contribution < -0.4 is 10.1 Å². The number of carbonyl (C=O) groups is 2. The fraction of sp³-hybridized carbons (Fsp3) is 0.261. The molecule has 0 spiro atoms. The summed E-state index contributed by atoms with van der Waals surface area (Å²) < 4.78 is 47.3. The number of hydrogen-bond acceptors (Lipinski definition) is 4. The largest absolute Gasteiger partial charge is 0.496 e. The highest BCUT2D eigenvalue weighted by Gasteiger charge is 2.41. The number of benzene rings is 2. The number of aromatic nitrogens is 2. The number of amides is 1. The second-order valence-corrected chi connectivity index (χ2v) is 8.49. The normalized spacial score (nSPS) is 12.3. The van der Waals surface area contributed by atoms with Crippen LogP contribution in [0.15, 0.2) is 36.4 Å². The Morgan fingerprint density at radius 2 is 1.86 bits per heavy atom. The predicted molar refractivity (Wildman–Crippen MR) is 123 cm³/mol. The molecule has 0 bridgehead atoms. The number of aromatic carboxylic acids is 1. The molecule has 0 saturated heterocycles. The van der Waals surface area contributed by atoms with E-state index in [0.29, 0.717) is 15.8 Å². The molecule has 0 aliphatic carbocycles. The predicted octanol–water partition coefficient (Wildman–Crippen LogP) is 5.53. The second-order valence-electron chi connectivity index (χ2n) is 7.68. The third-order valence-corrected chi connectivity index (χ3v) is 6.01. The summed E-state index contributed by atoms with van der Waals surface area (Å²) in [6, 6.07) is 7.94. The molecule has 7 nitrogen and oxygen atoms in total. The van der Waals surface area contributed by atoms with Crippen molar-refractivity contribution in [3.63, 3.8) is 0 Å². The van der Waals surface area contributed by atoms with E-state index in [1.54, 1.807) is 13.0 Å². The van der Waals surface area contributed by atoms with Gasteiger partial charge < -0.3 is 15.2 Å². The fourth-order valence-electron chi connectivity index (χ4n) is 3.62. The van der Waals surface area contributed by atoms with Gasteiger partial charge in [-0.1, -0.05) is 35.3 Å². The van der Waals surface area contributed by atoms with Crippen LogP contribution in [-0.4, -0.2) is 33.9 Å². The number of nitrogens with one attached hydrogen (secondary N) is 1. The zero-order valence-electron chi connectivity index (χ0n) is 18.7. The molecule has 1 amide bonds. The van der Waals surface area contributed by atoms with Crippen molar-refractivity contribution in [2.75, 3.05) is 7.11 Å². The number of alkyl halides is 3. The van der Waals surface area contributed by atoms with Crippen LogP contribution in [0.4, 0.5) is 13.2 Å². The zero-order valence-corrected chi connectivity index (χ0v) is 20.2. The molecular formula is C23H20Cl2F3N3O4. The number of methoxy groups -OCH3 is 1. The minimum atomic E-state index is -4.85. The van der Waals surface area contributed by atoms with Gasteiger partial charge in [-0.15, -0.1) is 0 Å². The Hall–Kier alpha value is -3.24. The van der Waals surface area contributed by atoms with Crippen LogP contribution in [-0.2, 0) is 19.6 Å². The molecule has 0 saturated carbocycles. The van der Waals surface area contributed by atoms with Gasteiger partial charge in [-0.05, 0) is 42.3 Å². The molecule has 2 aromatic carbocycles. The number of carboxylic acids is 1. The van der Waals surface area contributed by atoms with Gasteiger partial charge in [0.15, 0.2) is 5.69 Å². The highest BCUT2D eigenvalue weighted by molar-refractivity contribution is 6.42. The number of nitrogens with zero attached hydrogens (tertiary/aromatic N) is 2. The lowest BCUT2D eigenvalue weighted by Crippen LogP contribution is -2.30. The first-order chi connectivity index (χ1) is 16.3. The molecule has 3 rings (SSSR count). The van der Waals surface area contributed by atoms with Crippen LogP contribution in [0.3, 0.4) is 0 Å². The molecule has 0 aliphatic rings. The molecule has 1 heterocycles. The molecule has 2 N–H and O–H groups in total. The molecule has 1 atom stereocenters. The van der Waals surface area contributed by atoms with Crippen molar-refractivity contribution in [2.24, 2.45) is 7.05 Å². The quantitative estimate of drug-likeness (QED) is 0.419. The zero-order chi connectivity index (χ0) is 26.1. The lowest BCUT2D eigenvalue weighted by molar-refractivity contribution is -0.144. The van der Waals surface area contributed by atoms with E-state index >= 15 is 0 Å². The summed E-state index contributed by atoms with van der Waals surface area (Å²) in [5.74, 6) is -2.15. The van der Waals surface area contributed by atoms with Gasteiger partial charge in [0, 0.05) is 13.5 Å². The van der Waals surface area contributed by atoms with Crippen LogP contribution in [0.2, 0.25) is 10.0 Å². The van der Waals surface area contributed by atoms with Gasteiger partial charge in [0.05, 0.1) is 34.5 Å². The summed E-state index contributed by atoms with van der Waals surface area (Å²) in [6.45, 7) is 1.55. The topological polar surface area (TPSA) is 93.5 Å². The maximum Gasteiger partial charge on any atom is 0.433 e. The molecule has 0 aliphatic heterocycles. The molecule has 1 aromatic heterocycles. The number of hydrogen-bond donors (Lipinski definition) is 2. The Kier molecular flexibility index (Phi) is 7.66. The van der Waals surface area contributed by atoms with Crippen molar-refractivity contribution in [3.8, 4) is 5.75 Å². The molecule has 3 aromatic rings. The number of halogens is 5. The summed E-state index contributed by atoms with van der Waals surface area (Å²) in [5.41, 5.74) is -1.05. The molecule has 35 heavy (non-hydrogen) atoms. The third kappa shape index (κ3) is 5.71. The van der Waals surface area contributed by atoms with Gasteiger partial charge >= 0.3 is 12.1 Å².